The van der Waals surface area contributed by atoms with Crippen molar-refractivity contribution in [3.05, 3.63) is 23.9 Å². The summed E-state index contributed by atoms with van der Waals surface area (Å²) >= 11 is 0. The van der Waals surface area contributed by atoms with E-state index in [0.29, 0.717) is 31.8 Å². The van der Waals surface area contributed by atoms with E-state index < -0.39 is 6.04 Å². The molecule has 1 aromatic heterocycles. The standard InChI is InChI=1S/C19H30N4O3/c1-4-14(3)17(20)18(24)23-10-6-9-22(11-12-23)16-8-7-15(13-21-16)19(25)26-5-2/h7-8,13-14,17H,4-6,9-12,20H2,1-3H3. The lowest BCUT2D eigenvalue weighted by Crippen LogP contribution is -2.48. The topological polar surface area (TPSA) is 88.8 Å². The van der Waals surface area contributed by atoms with Crippen LogP contribution in [0.2, 0.25) is 0 Å². The van der Waals surface area contributed by atoms with Gasteiger partial charge in [0.05, 0.1) is 18.2 Å². The molecule has 1 fully saturated rings. The number of hydrogen-bond donors (Lipinski definition) is 1. The SMILES string of the molecule is CCOC(=O)c1ccc(N2CCCN(C(=O)C(N)C(C)CC)CC2)nc1. The second-order valence-electron chi connectivity index (χ2n) is 6.70. The second-order valence-corrected chi connectivity index (χ2v) is 6.70. The maximum absolute atomic E-state index is 12.6. The molecule has 26 heavy (non-hydrogen) atoms. The normalized spacial score (nSPS) is 17.4. The molecule has 1 aromatic rings. The third kappa shape index (κ3) is 4.94. The number of carbonyl (C=O) groups is 2. The largest absolute Gasteiger partial charge is 0.462 e. The van der Waals surface area contributed by atoms with Crippen LogP contribution in [-0.2, 0) is 9.53 Å². The maximum atomic E-state index is 12.6. The molecule has 7 heteroatoms. The minimum Gasteiger partial charge on any atom is -0.462 e. The number of nitrogens with zero attached hydrogens (tertiary/aromatic N) is 3. The highest BCUT2D eigenvalue weighted by Gasteiger charge is 2.27. The lowest BCUT2D eigenvalue weighted by atomic mass is 9.99. The lowest BCUT2D eigenvalue weighted by molar-refractivity contribution is -0.133. The number of rotatable bonds is 6. The zero-order valence-corrected chi connectivity index (χ0v) is 16.0. The number of pyridine rings is 1. The highest BCUT2D eigenvalue weighted by atomic mass is 16.5. The predicted octanol–water partition coefficient (Wildman–Crippen LogP) is 1.67. The molecule has 0 bridgehead atoms. The quantitative estimate of drug-likeness (QED) is 0.775. The van der Waals surface area contributed by atoms with Crippen molar-refractivity contribution in [1.29, 1.82) is 0 Å². The van der Waals surface area contributed by atoms with Gasteiger partial charge in [-0.1, -0.05) is 20.3 Å². The molecule has 0 saturated carbocycles. The van der Waals surface area contributed by atoms with Gasteiger partial charge in [-0.05, 0) is 31.4 Å². The van der Waals surface area contributed by atoms with Crippen LogP contribution in [0.15, 0.2) is 18.3 Å². The van der Waals surface area contributed by atoms with Gasteiger partial charge in [0.15, 0.2) is 0 Å². The third-order valence-electron chi connectivity index (χ3n) is 4.93. The molecule has 144 valence electrons. The van der Waals surface area contributed by atoms with Gasteiger partial charge in [-0.3, -0.25) is 4.79 Å². The second kappa shape index (κ2) is 9.52. The van der Waals surface area contributed by atoms with Gasteiger partial charge in [0.1, 0.15) is 5.82 Å². The van der Waals surface area contributed by atoms with Crippen LogP contribution in [-0.4, -0.2) is 60.6 Å². The molecule has 1 aliphatic heterocycles. The first-order valence-corrected chi connectivity index (χ1v) is 9.40. The van der Waals surface area contributed by atoms with Gasteiger partial charge < -0.3 is 20.3 Å². The first kappa shape index (κ1) is 20.2. The van der Waals surface area contributed by atoms with Gasteiger partial charge in [-0.25, -0.2) is 9.78 Å². The molecule has 0 aliphatic carbocycles. The molecule has 0 spiro atoms. The molecule has 0 aromatic carbocycles. The van der Waals surface area contributed by atoms with Crippen molar-refractivity contribution in [3.63, 3.8) is 0 Å². The van der Waals surface area contributed by atoms with Gasteiger partial charge >= 0.3 is 5.97 Å². The van der Waals surface area contributed by atoms with E-state index in [-0.39, 0.29) is 17.8 Å². The summed E-state index contributed by atoms with van der Waals surface area (Å²) in [6.07, 6.45) is 3.30. The van der Waals surface area contributed by atoms with Crippen LogP contribution in [0.1, 0.15) is 44.0 Å². The Balaban J connectivity index is 1.97. The van der Waals surface area contributed by atoms with Crippen LogP contribution in [0, 0.1) is 5.92 Å². The molecule has 0 radical (unpaired) electrons. The number of carbonyl (C=O) groups excluding carboxylic acids is 2. The summed E-state index contributed by atoms with van der Waals surface area (Å²) in [5.41, 5.74) is 6.55. The van der Waals surface area contributed by atoms with Gasteiger partial charge in [-0.2, -0.15) is 0 Å². The van der Waals surface area contributed by atoms with Crippen molar-refractivity contribution in [2.75, 3.05) is 37.7 Å². The summed E-state index contributed by atoms with van der Waals surface area (Å²) in [5, 5.41) is 0. The van der Waals surface area contributed by atoms with Crippen LogP contribution >= 0.6 is 0 Å². The Kier molecular flexibility index (Phi) is 7.38. The Bertz CT molecular complexity index is 605. The molecule has 1 amide bonds. The fourth-order valence-electron chi connectivity index (χ4n) is 2.98. The Labute approximate surface area is 155 Å². The number of hydrogen-bond acceptors (Lipinski definition) is 6. The van der Waals surface area contributed by atoms with Crippen molar-refractivity contribution < 1.29 is 14.3 Å². The summed E-state index contributed by atoms with van der Waals surface area (Å²) in [6, 6.07) is 3.12. The molecule has 2 atom stereocenters. The molecule has 2 unspecified atom stereocenters. The molecular weight excluding hydrogens is 332 g/mol. The molecule has 2 heterocycles. The summed E-state index contributed by atoms with van der Waals surface area (Å²) in [5.74, 6) is 0.655. The Morgan fingerprint density at radius 3 is 2.62 bits per heavy atom. The minimum atomic E-state index is -0.437. The van der Waals surface area contributed by atoms with Crippen molar-refractivity contribution in [3.8, 4) is 0 Å². The van der Waals surface area contributed by atoms with Crippen LogP contribution in [0.3, 0.4) is 0 Å². The van der Waals surface area contributed by atoms with E-state index in [1.54, 1.807) is 19.2 Å². The number of anilines is 1. The van der Waals surface area contributed by atoms with Crippen molar-refractivity contribution in [1.82, 2.24) is 9.88 Å². The number of ether oxygens (including phenoxy) is 1. The van der Waals surface area contributed by atoms with Crippen LogP contribution in [0.25, 0.3) is 0 Å². The van der Waals surface area contributed by atoms with E-state index in [0.717, 1.165) is 25.2 Å². The number of amides is 1. The Hall–Kier alpha value is -2.15. The van der Waals surface area contributed by atoms with E-state index >= 15 is 0 Å². The first-order chi connectivity index (χ1) is 12.5. The minimum absolute atomic E-state index is 0.0341. The molecular formula is C19H30N4O3. The average Bonchev–Trinajstić information content (AvgIpc) is 2.92. The highest BCUT2D eigenvalue weighted by Crippen LogP contribution is 2.16. The molecule has 1 saturated heterocycles. The van der Waals surface area contributed by atoms with E-state index in [1.165, 1.54) is 0 Å². The zero-order chi connectivity index (χ0) is 19.1. The van der Waals surface area contributed by atoms with Crippen LogP contribution < -0.4 is 10.6 Å². The summed E-state index contributed by atoms with van der Waals surface area (Å²) in [7, 11) is 0. The van der Waals surface area contributed by atoms with E-state index in [1.807, 2.05) is 24.8 Å². The van der Waals surface area contributed by atoms with E-state index in [9.17, 15) is 9.59 Å². The third-order valence-corrected chi connectivity index (χ3v) is 4.93. The fraction of sp³-hybridized carbons (Fsp3) is 0.632. The van der Waals surface area contributed by atoms with Crippen LogP contribution in [0.4, 0.5) is 5.82 Å². The van der Waals surface area contributed by atoms with Crippen molar-refractivity contribution >= 4 is 17.7 Å². The van der Waals surface area contributed by atoms with Crippen molar-refractivity contribution in [2.45, 2.75) is 39.7 Å². The van der Waals surface area contributed by atoms with E-state index in [2.05, 4.69) is 9.88 Å². The van der Waals surface area contributed by atoms with Crippen molar-refractivity contribution in [2.24, 2.45) is 11.7 Å². The zero-order valence-electron chi connectivity index (χ0n) is 16.0. The molecule has 7 nitrogen and oxygen atoms in total. The van der Waals surface area contributed by atoms with Gasteiger partial charge in [0.25, 0.3) is 0 Å². The van der Waals surface area contributed by atoms with Gasteiger partial charge in [0, 0.05) is 32.4 Å². The van der Waals surface area contributed by atoms with Gasteiger partial charge in [0.2, 0.25) is 5.91 Å². The Morgan fingerprint density at radius 2 is 2.00 bits per heavy atom. The maximum Gasteiger partial charge on any atom is 0.339 e. The van der Waals surface area contributed by atoms with Gasteiger partial charge in [-0.15, -0.1) is 0 Å². The first-order valence-electron chi connectivity index (χ1n) is 9.40. The number of aromatic nitrogens is 1. The summed E-state index contributed by atoms with van der Waals surface area (Å²) in [4.78, 5) is 32.7. The average molecular weight is 362 g/mol. The predicted molar refractivity (Wildman–Crippen MR) is 101 cm³/mol. The summed E-state index contributed by atoms with van der Waals surface area (Å²) in [6.45, 7) is 9.03. The molecule has 2 N–H and O–H groups in total. The molecule has 2 rings (SSSR count). The Morgan fingerprint density at radius 1 is 1.23 bits per heavy atom. The monoisotopic (exact) mass is 362 g/mol. The lowest BCUT2D eigenvalue weighted by Gasteiger charge is -2.27. The fourth-order valence-corrected chi connectivity index (χ4v) is 2.98. The molecule has 1 aliphatic rings. The highest BCUT2D eigenvalue weighted by molar-refractivity contribution is 5.89. The number of esters is 1. The number of nitrogens with two attached hydrogens (primary N) is 1. The van der Waals surface area contributed by atoms with E-state index in [4.69, 9.17) is 10.5 Å². The summed E-state index contributed by atoms with van der Waals surface area (Å²) < 4.78 is 4.98. The smallest absolute Gasteiger partial charge is 0.339 e. The van der Waals surface area contributed by atoms with Crippen LogP contribution in [0.5, 0.6) is 0 Å².